The molecule has 0 bridgehead atoms. The first kappa shape index (κ1) is 26.2. The van der Waals surface area contributed by atoms with Gasteiger partial charge in [0.15, 0.2) is 17.6 Å². The smallest absolute Gasteiger partial charge is 0.252 e. The number of nitrogens with one attached hydrogen (secondary N) is 1. The molecule has 30 heavy (non-hydrogen) atoms. The number of nitrogens with zero attached hydrogens (tertiary/aromatic N) is 1. The maximum atomic E-state index is 13.3. The second-order valence-corrected chi connectivity index (χ2v) is 7.90. The Hall–Kier alpha value is -1.88. The fraction of sp³-hybridized carbons (Fsp3) is 0.800. The van der Waals surface area contributed by atoms with E-state index in [1.807, 2.05) is 0 Å². The first-order chi connectivity index (χ1) is 14.1. The predicted octanol–water partition coefficient (Wildman–Crippen LogP) is -0.321. The number of nitrogens with two attached hydrogens (primary N) is 2. The number of carbonyl (C=O) groups excluding carboxylic acids is 4. The summed E-state index contributed by atoms with van der Waals surface area (Å²) in [5.41, 5.74) is 9.71. The molecule has 0 spiro atoms. The highest BCUT2D eigenvalue weighted by molar-refractivity contribution is 6.09. The average Bonchev–Trinajstić information content (AvgIpc) is 2.70. The van der Waals surface area contributed by atoms with E-state index in [0.717, 1.165) is 11.3 Å². The molecule has 0 aromatic heterocycles. The van der Waals surface area contributed by atoms with Gasteiger partial charge in [-0.1, -0.05) is 20.3 Å². The van der Waals surface area contributed by atoms with E-state index in [2.05, 4.69) is 5.32 Å². The summed E-state index contributed by atoms with van der Waals surface area (Å²) in [6.45, 7) is 5.40. The molecule has 0 aliphatic carbocycles. The summed E-state index contributed by atoms with van der Waals surface area (Å²) in [5.74, 6) is -2.53. The van der Waals surface area contributed by atoms with Gasteiger partial charge < -0.3 is 26.3 Å². The van der Waals surface area contributed by atoms with Crippen LogP contribution < -0.4 is 16.8 Å². The van der Waals surface area contributed by atoms with Crippen LogP contribution in [0.2, 0.25) is 0 Å². The van der Waals surface area contributed by atoms with E-state index in [1.165, 1.54) is 21.1 Å². The Morgan fingerprint density at radius 3 is 2.23 bits per heavy atom. The van der Waals surface area contributed by atoms with E-state index in [4.69, 9.17) is 20.9 Å². The SMILES string of the molecule is COC(OC)[C@@]1(C(C)C)C(=O)CCC(=O)N1C(=O)[C@H](C)NC(=O)[C@@H](N)CCCCN. The Morgan fingerprint density at radius 2 is 1.73 bits per heavy atom. The summed E-state index contributed by atoms with van der Waals surface area (Å²) in [5, 5.41) is 2.56. The number of unbranched alkanes of at least 4 members (excludes halogenated alkanes) is 1. The molecule has 5 N–H and O–H groups in total. The van der Waals surface area contributed by atoms with Crippen LogP contribution in [0.5, 0.6) is 0 Å². The van der Waals surface area contributed by atoms with E-state index >= 15 is 0 Å². The molecule has 1 aliphatic heterocycles. The molecule has 10 nitrogen and oxygen atoms in total. The van der Waals surface area contributed by atoms with Crippen LogP contribution in [0, 0.1) is 5.92 Å². The van der Waals surface area contributed by atoms with Crippen molar-refractivity contribution in [2.75, 3.05) is 20.8 Å². The zero-order valence-corrected chi connectivity index (χ0v) is 18.6. The van der Waals surface area contributed by atoms with Gasteiger partial charge in [-0.25, -0.2) is 0 Å². The van der Waals surface area contributed by atoms with Crippen LogP contribution in [-0.2, 0) is 28.7 Å². The quantitative estimate of drug-likeness (QED) is 0.299. The molecular formula is C20H36N4O6. The third kappa shape index (κ3) is 5.23. The van der Waals surface area contributed by atoms with Gasteiger partial charge in [-0.3, -0.25) is 24.1 Å². The minimum absolute atomic E-state index is 0.0171. The van der Waals surface area contributed by atoms with Crippen LogP contribution in [0.4, 0.5) is 0 Å². The molecule has 3 atom stereocenters. The van der Waals surface area contributed by atoms with Gasteiger partial charge in [-0.05, 0) is 32.2 Å². The zero-order valence-electron chi connectivity index (χ0n) is 18.6. The number of piperidine rings is 1. The Kier molecular flexibility index (Phi) is 10.0. The lowest BCUT2D eigenvalue weighted by molar-refractivity contribution is -0.213. The van der Waals surface area contributed by atoms with E-state index < -0.39 is 47.6 Å². The highest BCUT2D eigenvalue weighted by Crippen LogP contribution is 2.38. The second kappa shape index (κ2) is 11.5. The molecule has 0 radical (unpaired) electrons. The highest BCUT2D eigenvalue weighted by Gasteiger charge is 2.60. The molecule has 0 saturated carbocycles. The van der Waals surface area contributed by atoms with Crippen molar-refractivity contribution in [2.24, 2.45) is 17.4 Å². The minimum atomic E-state index is -1.63. The van der Waals surface area contributed by atoms with Gasteiger partial charge in [-0.2, -0.15) is 0 Å². The highest BCUT2D eigenvalue weighted by atomic mass is 16.7. The lowest BCUT2D eigenvalue weighted by atomic mass is 9.75. The predicted molar refractivity (Wildman–Crippen MR) is 110 cm³/mol. The molecule has 0 aromatic carbocycles. The molecule has 10 heteroatoms. The number of likely N-dealkylation sites (tertiary alicyclic amines) is 1. The largest absolute Gasteiger partial charge is 0.353 e. The summed E-state index contributed by atoms with van der Waals surface area (Å²) < 4.78 is 10.7. The maximum absolute atomic E-state index is 13.3. The number of ketones is 1. The van der Waals surface area contributed by atoms with Gasteiger partial charge in [0.2, 0.25) is 11.8 Å². The molecule has 1 saturated heterocycles. The second-order valence-electron chi connectivity index (χ2n) is 7.90. The average molecular weight is 429 g/mol. The van der Waals surface area contributed by atoms with Crippen LogP contribution in [0.25, 0.3) is 0 Å². The summed E-state index contributed by atoms with van der Waals surface area (Å²) in [6.07, 6.45) is 0.601. The molecule has 172 valence electrons. The molecule has 3 amide bonds. The van der Waals surface area contributed by atoms with Crippen molar-refractivity contribution < 1.29 is 28.7 Å². The summed E-state index contributed by atoms with van der Waals surface area (Å²) in [4.78, 5) is 52.5. The first-order valence-electron chi connectivity index (χ1n) is 10.3. The molecule has 1 fully saturated rings. The third-order valence-electron chi connectivity index (χ3n) is 5.56. The van der Waals surface area contributed by atoms with Crippen molar-refractivity contribution >= 4 is 23.5 Å². The van der Waals surface area contributed by atoms with Gasteiger partial charge >= 0.3 is 0 Å². The van der Waals surface area contributed by atoms with Crippen molar-refractivity contribution in [1.82, 2.24) is 10.2 Å². The molecule has 1 rings (SSSR count). The number of rotatable bonds is 11. The maximum Gasteiger partial charge on any atom is 0.252 e. The Labute approximate surface area is 178 Å². The first-order valence-corrected chi connectivity index (χ1v) is 10.3. The fourth-order valence-electron chi connectivity index (χ4n) is 3.93. The minimum Gasteiger partial charge on any atom is -0.353 e. The number of Topliss-reactive ketones (excluding diaryl/α,β-unsaturated/α-hetero) is 1. The van der Waals surface area contributed by atoms with Crippen LogP contribution >= 0.6 is 0 Å². The van der Waals surface area contributed by atoms with Crippen molar-refractivity contribution in [2.45, 2.75) is 76.8 Å². The Balaban J connectivity index is 3.16. The van der Waals surface area contributed by atoms with Crippen molar-refractivity contribution in [1.29, 1.82) is 0 Å². The van der Waals surface area contributed by atoms with Gasteiger partial charge in [0.05, 0.1) is 6.04 Å². The number of methoxy groups -OCH3 is 2. The summed E-state index contributed by atoms with van der Waals surface area (Å²) in [6, 6.07) is -1.87. The van der Waals surface area contributed by atoms with Crippen LogP contribution in [0.3, 0.4) is 0 Å². The number of imide groups is 1. The number of ether oxygens (including phenoxy) is 2. The summed E-state index contributed by atoms with van der Waals surface area (Å²) in [7, 11) is 2.69. The zero-order chi connectivity index (χ0) is 23.1. The number of hydrogen-bond donors (Lipinski definition) is 3. The van der Waals surface area contributed by atoms with Gasteiger partial charge in [0.1, 0.15) is 6.04 Å². The number of hydrogen-bond acceptors (Lipinski definition) is 8. The topological polar surface area (TPSA) is 154 Å². The van der Waals surface area contributed by atoms with E-state index in [-0.39, 0.29) is 18.6 Å². The Morgan fingerprint density at radius 1 is 1.13 bits per heavy atom. The van der Waals surface area contributed by atoms with Gasteiger partial charge in [0, 0.05) is 27.1 Å². The van der Waals surface area contributed by atoms with Gasteiger partial charge in [0.25, 0.3) is 5.91 Å². The van der Waals surface area contributed by atoms with Crippen molar-refractivity contribution in [3.05, 3.63) is 0 Å². The molecule has 0 unspecified atom stereocenters. The molecular weight excluding hydrogens is 392 g/mol. The monoisotopic (exact) mass is 428 g/mol. The fourth-order valence-corrected chi connectivity index (χ4v) is 3.93. The van der Waals surface area contributed by atoms with Gasteiger partial charge in [-0.15, -0.1) is 0 Å². The van der Waals surface area contributed by atoms with Crippen molar-refractivity contribution in [3.63, 3.8) is 0 Å². The number of amides is 3. The van der Waals surface area contributed by atoms with E-state index in [0.29, 0.717) is 19.4 Å². The third-order valence-corrected chi connectivity index (χ3v) is 5.56. The lowest BCUT2D eigenvalue weighted by Gasteiger charge is -2.50. The van der Waals surface area contributed by atoms with E-state index in [1.54, 1.807) is 13.8 Å². The normalized spacial score (nSPS) is 21.8. The molecule has 1 aliphatic rings. The Bertz CT molecular complexity index is 637. The standard InChI is InChI=1S/C20H36N4O6/c1-12(2)20(19(29-4)30-5)15(25)9-10-16(26)24(20)18(28)13(3)23-17(27)14(22)8-6-7-11-21/h12-14,19H,6-11,21-22H2,1-5H3,(H,23,27)/t13-,14-,20+/m0/s1. The molecule has 1 heterocycles. The van der Waals surface area contributed by atoms with E-state index in [9.17, 15) is 19.2 Å². The van der Waals surface area contributed by atoms with Crippen molar-refractivity contribution in [3.8, 4) is 0 Å². The summed E-state index contributed by atoms with van der Waals surface area (Å²) >= 11 is 0. The van der Waals surface area contributed by atoms with Crippen LogP contribution in [0.1, 0.15) is 52.9 Å². The molecule has 0 aromatic rings. The number of carbonyl (C=O) groups is 4. The van der Waals surface area contributed by atoms with Crippen LogP contribution in [0.15, 0.2) is 0 Å². The van der Waals surface area contributed by atoms with Crippen LogP contribution in [-0.4, -0.2) is 73.1 Å². The lowest BCUT2D eigenvalue weighted by Crippen LogP contribution is -2.73.